The first-order valence-electron chi connectivity index (χ1n) is 8.40. The van der Waals surface area contributed by atoms with Gasteiger partial charge in [0.1, 0.15) is 11.5 Å². The van der Waals surface area contributed by atoms with Gasteiger partial charge in [0.05, 0.1) is 30.9 Å². The van der Waals surface area contributed by atoms with Gasteiger partial charge in [0.15, 0.2) is 0 Å². The number of amides is 1. The topological polar surface area (TPSA) is 86.5 Å². The van der Waals surface area contributed by atoms with E-state index >= 15 is 0 Å². The lowest BCUT2D eigenvalue weighted by Gasteiger charge is -2.11. The summed E-state index contributed by atoms with van der Waals surface area (Å²) in [6.45, 7) is 1.80. The Morgan fingerprint density at radius 1 is 1.15 bits per heavy atom. The highest BCUT2D eigenvalue weighted by Gasteiger charge is 2.28. The predicted molar refractivity (Wildman–Crippen MR) is 96.0 cm³/mol. The van der Waals surface area contributed by atoms with Gasteiger partial charge in [-0.25, -0.2) is 4.98 Å². The second-order valence-corrected chi connectivity index (χ2v) is 6.37. The molecule has 0 spiro atoms. The molecule has 1 aromatic carbocycles. The molecule has 26 heavy (non-hydrogen) atoms. The maximum Gasteiger partial charge on any atom is 0.259 e. The number of aryl methyl sites for hydroxylation is 1. The average molecular weight is 353 g/mol. The summed E-state index contributed by atoms with van der Waals surface area (Å²) < 4.78 is 15.8. The van der Waals surface area contributed by atoms with Gasteiger partial charge in [-0.2, -0.15) is 0 Å². The predicted octanol–water partition coefficient (Wildman–Crippen LogP) is 3.68. The van der Waals surface area contributed by atoms with Crippen LogP contribution in [0.4, 0.5) is 5.69 Å². The standard InChI is InChI=1S/C19H19N3O4/c1-10-17-15(9-16(11-4-5-11)21-19(17)26-22-10)18(23)20-12-6-13(24-2)8-14(7-12)25-3/h6-9,11H,4-5H2,1-3H3,(H,20,23). The first kappa shape index (κ1) is 16.4. The number of ether oxygens (including phenoxy) is 2. The number of pyridine rings is 1. The molecule has 1 amide bonds. The van der Waals surface area contributed by atoms with E-state index in [-0.39, 0.29) is 5.91 Å². The van der Waals surface area contributed by atoms with E-state index in [2.05, 4.69) is 15.5 Å². The van der Waals surface area contributed by atoms with E-state index in [1.54, 1.807) is 39.3 Å². The van der Waals surface area contributed by atoms with E-state index in [1.807, 2.05) is 6.07 Å². The van der Waals surface area contributed by atoms with Crippen LogP contribution in [0, 0.1) is 6.92 Å². The molecule has 2 aromatic heterocycles. The lowest BCUT2D eigenvalue weighted by Crippen LogP contribution is -2.13. The number of fused-ring (bicyclic) bond motifs is 1. The fourth-order valence-electron chi connectivity index (χ4n) is 2.96. The Kier molecular flexibility index (Phi) is 3.99. The van der Waals surface area contributed by atoms with Crippen LogP contribution in [0.1, 0.15) is 40.5 Å². The van der Waals surface area contributed by atoms with Crippen LogP contribution in [0.5, 0.6) is 11.5 Å². The van der Waals surface area contributed by atoms with Crippen molar-refractivity contribution in [1.82, 2.24) is 10.1 Å². The number of nitrogens with zero attached hydrogens (tertiary/aromatic N) is 2. The van der Waals surface area contributed by atoms with Crippen LogP contribution in [0.3, 0.4) is 0 Å². The first-order chi connectivity index (χ1) is 12.6. The Balaban J connectivity index is 1.73. The van der Waals surface area contributed by atoms with Crippen molar-refractivity contribution in [2.24, 2.45) is 0 Å². The van der Waals surface area contributed by atoms with Crippen LogP contribution in [0.2, 0.25) is 0 Å². The molecule has 4 rings (SSSR count). The molecule has 0 unspecified atom stereocenters. The Hall–Kier alpha value is -3.09. The molecule has 134 valence electrons. The number of rotatable bonds is 5. The van der Waals surface area contributed by atoms with Crippen molar-refractivity contribution in [1.29, 1.82) is 0 Å². The number of carbonyl (C=O) groups is 1. The number of nitrogens with one attached hydrogen (secondary N) is 1. The molecular weight excluding hydrogens is 334 g/mol. The van der Waals surface area contributed by atoms with Crippen LogP contribution < -0.4 is 14.8 Å². The monoisotopic (exact) mass is 353 g/mol. The van der Waals surface area contributed by atoms with E-state index in [4.69, 9.17) is 14.0 Å². The zero-order valence-electron chi connectivity index (χ0n) is 14.8. The molecule has 1 aliphatic carbocycles. The molecule has 3 aromatic rings. The van der Waals surface area contributed by atoms with Gasteiger partial charge >= 0.3 is 0 Å². The van der Waals surface area contributed by atoms with Gasteiger partial charge < -0.3 is 19.3 Å². The van der Waals surface area contributed by atoms with Crippen molar-refractivity contribution in [2.75, 3.05) is 19.5 Å². The fraction of sp³-hybridized carbons (Fsp3) is 0.316. The summed E-state index contributed by atoms with van der Waals surface area (Å²) in [5.41, 5.74) is 3.01. The lowest BCUT2D eigenvalue weighted by molar-refractivity contribution is 0.102. The molecule has 2 heterocycles. The molecule has 0 bridgehead atoms. The van der Waals surface area contributed by atoms with Crippen molar-refractivity contribution in [3.63, 3.8) is 0 Å². The van der Waals surface area contributed by atoms with Crippen LogP contribution in [0.25, 0.3) is 11.1 Å². The van der Waals surface area contributed by atoms with Gasteiger partial charge in [0, 0.05) is 35.5 Å². The summed E-state index contributed by atoms with van der Waals surface area (Å²) in [5, 5.41) is 7.51. The zero-order chi connectivity index (χ0) is 18.3. The van der Waals surface area contributed by atoms with Crippen molar-refractivity contribution < 1.29 is 18.8 Å². The number of anilines is 1. The van der Waals surface area contributed by atoms with E-state index in [9.17, 15) is 4.79 Å². The Morgan fingerprint density at radius 3 is 2.46 bits per heavy atom. The highest BCUT2D eigenvalue weighted by molar-refractivity contribution is 6.12. The van der Waals surface area contributed by atoms with Gasteiger partial charge in [0.25, 0.3) is 11.6 Å². The summed E-state index contributed by atoms with van der Waals surface area (Å²) in [6, 6.07) is 7.06. The van der Waals surface area contributed by atoms with E-state index in [1.165, 1.54) is 0 Å². The minimum Gasteiger partial charge on any atom is -0.497 e. The van der Waals surface area contributed by atoms with Gasteiger partial charge in [-0.15, -0.1) is 0 Å². The maximum atomic E-state index is 13.0. The van der Waals surface area contributed by atoms with Gasteiger partial charge in [-0.05, 0) is 25.8 Å². The van der Waals surface area contributed by atoms with Gasteiger partial charge in [0.2, 0.25) is 0 Å². The average Bonchev–Trinajstić information content (AvgIpc) is 3.44. The highest BCUT2D eigenvalue weighted by Crippen LogP contribution is 2.40. The van der Waals surface area contributed by atoms with E-state index in [0.29, 0.717) is 45.5 Å². The number of methoxy groups -OCH3 is 2. The molecule has 0 atom stereocenters. The number of hydrogen-bond acceptors (Lipinski definition) is 6. The van der Waals surface area contributed by atoms with E-state index < -0.39 is 0 Å². The number of benzene rings is 1. The summed E-state index contributed by atoms with van der Waals surface area (Å²) in [7, 11) is 3.13. The van der Waals surface area contributed by atoms with E-state index in [0.717, 1.165) is 18.5 Å². The molecule has 7 nitrogen and oxygen atoms in total. The quantitative estimate of drug-likeness (QED) is 0.753. The third-order valence-corrected chi connectivity index (χ3v) is 4.49. The summed E-state index contributed by atoms with van der Waals surface area (Å²) in [5.74, 6) is 1.34. The fourth-order valence-corrected chi connectivity index (χ4v) is 2.96. The maximum absolute atomic E-state index is 13.0. The molecule has 0 saturated heterocycles. The Bertz CT molecular complexity index is 970. The molecule has 1 aliphatic rings. The van der Waals surface area contributed by atoms with Crippen molar-refractivity contribution in [3.05, 3.63) is 41.2 Å². The normalized spacial score (nSPS) is 13.7. The minimum absolute atomic E-state index is 0.249. The minimum atomic E-state index is -0.249. The summed E-state index contributed by atoms with van der Waals surface area (Å²) in [4.78, 5) is 17.5. The lowest BCUT2D eigenvalue weighted by atomic mass is 10.1. The smallest absolute Gasteiger partial charge is 0.259 e. The second kappa shape index (κ2) is 6.33. The second-order valence-electron chi connectivity index (χ2n) is 6.37. The first-order valence-corrected chi connectivity index (χ1v) is 8.40. The third-order valence-electron chi connectivity index (χ3n) is 4.49. The van der Waals surface area contributed by atoms with Crippen molar-refractivity contribution in [3.8, 4) is 11.5 Å². The molecular formula is C19H19N3O4. The highest BCUT2D eigenvalue weighted by atomic mass is 16.5. The number of carbonyl (C=O) groups excluding carboxylic acids is 1. The molecule has 1 fully saturated rings. The Labute approximate surface area is 150 Å². The van der Waals surface area contributed by atoms with Crippen LogP contribution in [0.15, 0.2) is 28.8 Å². The van der Waals surface area contributed by atoms with Crippen LogP contribution in [-0.4, -0.2) is 30.3 Å². The molecule has 0 radical (unpaired) electrons. The third kappa shape index (κ3) is 2.96. The van der Waals surface area contributed by atoms with Crippen molar-refractivity contribution in [2.45, 2.75) is 25.7 Å². The van der Waals surface area contributed by atoms with Crippen molar-refractivity contribution >= 4 is 22.7 Å². The largest absolute Gasteiger partial charge is 0.497 e. The Morgan fingerprint density at radius 2 is 1.85 bits per heavy atom. The molecule has 1 saturated carbocycles. The molecule has 0 aliphatic heterocycles. The number of hydrogen-bond donors (Lipinski definition) is 1. The molecule has 7 heteroatoms. The zero-order valence-corrected chi connectivity index (χ0v) is 14.8. The summed E-state index contributed by atoms with van der Waals surface area (Å²) >= 11 is 0. The van der Waals surface area contributed by atoms with Gasteiger partial charge in [-0.3, -0.25) is 4.79 Å². The molecule has 1 N–H and O–H groups in total. The SMILES string of the molecule is COc1cc(NC(=O)c2cc(C3CC3)nc3onc(C)c23)cc(OC)c1. The summed E-state index contributed by atoms with van der Waals surface area (Å²) in [6.07, 6.45) is 2.17. The number of aromatic nitrogens is 2. The van der Waals surface area contributed by atoms with Gasteiger partial charge in [-0.1, -0.05) is 5.16 Å². The van der Waals surface area contributed by atoms with Crippen LogP contribution in [-0.2, 0) is 0 Å². The van der Waals surface area contributed by atoms with Crippen LogP contribution >= 0.6 is 0 Å².